The van der Waals surface area contributed by atoms with Crippen molar-refractivity contribution in [2.75, 3.05) is 6.61 Å². The molecule has 19 heavy (non-hydrogen) atoms. The molecule has 5 heteroatoms. The molecule has 4 nitrogen and oxygen atoms in total. The topological polar surface area (TPSA) is 63.0 Å². The van der Waals surface area contributed by atoms with Crippen LogP contribution in [-0.4, -0.2) is 17.6 Å². The van der Waals surface area contributed by atoms with Crippen molar-refractivity contribution in [1.82, 2.24) is 4.98 Å². The van der Waals surface area contributed by atoms with Crippen molar-refractivity contribution < 1.29 is 9.53 Å². The summed E-state index contributed by atoms with van der Waals surface area (Å²) in [5, 5.41) is 10.8. The number of hydrogen-bond donors (Lipinski definition) is 0. The summed E-state index contributed by atoms with van der Waals surface area (Å²) in [6, 6.07) is 9.82. The number of hydrogen-bond acceptors (Lipinski definition) is 5. The Hall–Kier alpha value is -2.19. The van der Waals surface area contributed by atoms with Crippen molar-refractivity contribution in [3.8, 4) is 16.6 Å². The van der Waals surface area contributed by atoms with E-state index in [-0.39, 0.29) is 12.3 Å². The molecule has 0 aliphatic heterocycles. The van der Waals surface area contributed by atoms with Crippen molar-refractivity contribution in [2.24, 2.45) is 0 Å². The van der Waals surface area contributed by atoms with Gasteiger partial charge in [0.05, 0.1) is 0 Å². The highest BCUT2D eigenvalue weighted by atomic mass is 32.1. The second-order valence-electron chi connectivity index (χ2n) is 3.82. The number of thiazole rings is 1. The fourth-order valence-electron chi connectivity index (χ4n) is 1.55. The molecular weight excluding hydrogens is 260 g/mol. The van der Waals surface area contributed by atoms with Crippen molar-refractivity contribution in [3.63, 3.8) is 0 Å². The summed E-state index contributed by atoms with van der Waals surface area (Å²) < 4.78 is 4.71. The van der Waals surface area contributed by atoms with Gasteiger partial charge in [-0.25, -0.2) is 9.78 Å². The van der Waals surface area contributed by atoms with Gasteiger partial charge in [0, 0.05) is 10.9 Å². The van der Waals surface area contributed by atoms with Gasteiger partial charge in [0.1, 0.15) is 11.1 Å². The van der Waals surface area contributed by atoms with Gasteiger partial charge >= 0.3 is 5.97 Å². The number of benzene rings is 1. The molecule has 2 aromatic rings. The van der Waals surface area contributed by atoms with E-state index in [1.54, 1.807) is 11.4 Å². The van der Waals surface area contributed by atoms with Crippen LogP contribution in [-0.2, 0) is 11.2 Å². The van der Waals surface area contributed by atoms with Crippen LogP contribution in [0.25, 0.3) is 10.6 Å². The summed E-state index contributed by atoms with van der Waals surface area (Å²) in [7, 11) is 0. The standard InChI is InChI=1S/C14H12N2O2S/c1-2-10-3-5-11(6-4-10)13-16-12(9-19-13)14(17)18-8-7-15/h3-6,9H,2,8H2,1H3. The molecule has 0 N–H and O–H groups in total. The predicted octanol–water partition coefficient (Wildman–Crippen LogP) is 3.05. The quantitative estimate of drug-likeness (QED) is 0.802. The van der Waals surface area contributed by atoms with E-state index < -0.39 is 5.97 Å². The summed E-state index contributed by atoms with van der Waals surface area (Å²) in [6.45, 7) is 1.85. The van der Waals surface area contributed by atoms with E-state index in [0.717, 1.165) is 17.0 Å². The van der Waals surface area contributed by atoms with Gasteiger partial charge in [-0.05, 0) is 12.0 Å². The summed E-state index contributed by atoms with van der Waals surface area (Å²) in [5.41, 5.74) is 2.48. The normalized spacial score (nSPS) is 9.89. The van der Waals surface area contributed by atoms with Crippen LogP contribution in [0.5, 0.6) is 0 Å². The lowest BCUT2D eigenvalue weighted by atomic mass is 10.1. The van der Waals surface area contributed by atoms with Gasteiger partial charge in [0.25, 0.3) is 0 Å². The smallest absolute Gasteiger partial charge is 0.358 e. The summed E-state index contributed by atoms with van der Waals surface area (Å²) in [5.74, 6) is -0.561. The number of aromatic nitrogens is 1. The van der Waals surface area contributed by atoms with E-state index >= 15 is 0 Å². The molecule has 0 radical (unpaired) electrons. The molecule has 0 atom stereocenters. The van der Waals surface area contributed by atoms with E-state index in [1.165, 1.54) is 16.9 Å². The van der Waals surface area contributed by atoms with Crippen LogP contribution in [0, 0.1) is 11.3 Å². The third-order valence-corrected chi connectivity index (χ3v) is 3.48. The molecule has 0 amide bonds. The molecule has 1 aromatic heterocycles. The second-order valence-corrected chi connectivity index (χ2v) is 4.68. The SMILES string of the molecule is CCc1ccc(-c2nc(C(=O)OCC#N)cs2)cc1. The first-order valence-corrected chi connectivity index (χ1v) is 6.71. The van der Waals surface area contributed by atoms with Gasteiger partial charge in [-0.3, -0.25) is 0 Å². The van der Waals surface area contributed by atoms with Crippen LogP contribution < -0.4 is 0 Å². The summed E-state index contributed by atoms with van der Waals surface area (Å²) in [4.78, 5) is 15.7. The minimum Gasteiger partial charge on any atom is -0.446 e. The zero-order chi connectivity index (χ0) is 13.7. The largest absolute Gasteiger partial charge is 0.446 e. The van der Waals surface area contributed by atoms with Crippen LogP contribution in [0.4, 0.5) is 0 Å². The molecule has 2 rings (SSSR count). The Kier molecular flexibility index (Phi) is 4.26. The van der Waals surface area contributed by atoms with E-state index in [1.807, 2.05) is 24.3 Å². The highest BCUT2D eigenvalue weighted by Gasteiger charge is 2.12. The lowest BCUT2D eigenvalue weighted by Gasteiger charge is -1.99. The first-order chi connectivity index (χ1) is 9.24. The lowest BCUT2D eigenvalue weighted by Crippen LogP contribution is -2.05. The Morgan fingerprint density at radius 2 is 2.16 bits per heavy atom. The predicted molar refractivity (Wildman–Crippen MR) is 72.8 cm³/mol. The number of carbonyl (C=O) groups excluding carboxylic acids is 1. The Bertz CT molecular complexity index is 611. The molecule has 0 bridgehead atoms. The number of esters is 1. The monoisotopic (exact) mass is 272 g/mol. The van der Waals surface area contributed by atoms with Gasteiger partial charge in [0.2, 0.25) is 0 Å². The highest BCUT2D eigenvalue weighted by molar-refractivity contribution is 7.13. The van der Waals surface area contributed by atoms with Crippen LogP contribution in [0.15, 0.2) is 29.6 Å². The maximum atomic E-state index is 11.5. The van der Waals surface area contributed by atoms with Gasteiger partial charge in [-0.15, -0.1) is 11.3 Å². The molecule has 0 saturated heterocycles. The van der Waals surface area contributed by atoms with Gasteiger partial charge < -0.3 is 4.74 Å². The fraction of sp³-hybridized carbons (Fsp3) is 0.214. The van der Waals surface area contributed by atoms with E-state index in [0.29, 0.717) is 0 Å². The minimum absolute atomic E-state index is 0.245. The highest BCUT2D eigenvalue weighted by Crippen LogP contribution is 2.24. The second kappa shape index (κ2) is 6.12. The molecule has 96 valence electrons. The Labute approximate surface area is 115 Å². The van der Waals surface area contributed by atoms with Crippen LogP contribution >= 0.6 is 11.3 Å². The first kappa shape index (κ1) is 13.2. The number of carbonyl (C=O) groups is 1. The molecule has 0 aliphatic rings. The molecule has 0 saturated carbocycles. The van der Waals surface area contributed by atoms with Crippen LogP contribution in [0.2, 0.25) is 0 Å². The molecule has 0 spiro atoms. The number of ether oxygens (including phenoxy) is 1. The van der Waals surface area contributed by atoms with Crippen molar-refractivity contribution >= 4 is 17.3 Å². The molecular formula is C14H12N2O2S. The van der Waals surface area contributed by atoms with E-state index in [2.05, 4.69) is 11.9 Å². The van der Waals surface area contributed by atoms with Crippen LogP contribution in [0.3, 0.4) is 0 Å². The van der Waals surface area contributed by atoms with Crippen molar-refractivity contribution in [2.45, 2.75) is 13.3 Å². The maximum absolute atomic E-state index is 11.5. The van der Waals surface area contributed by atoms with Crippen molar-refractivity contribution in [1.29, 1.82) is 5.26 Å². The van der Waals surface area contributed by atoms with E-state index in [9.17, 15) is 4.79 Å². The summed E-state index contributed by atoms with van der Waals surface area (Å²) >= 11 is 1.38. The first-order valence-electron chi connectivity index (χ1n) is 5.83. The van der Waals surface area contributed by atoms with Gasteiger partial charge in [-0.2, -0.15) is 5.26 Å². The third kappa shape index (κ3) is 3.18. The number of nitriles is 1. The fourth-order valence-corrected chi connectivity index (χ4v) is 2.35. The Morgan fingerprint density at radius 1 is 1.42 bits per heavy atom. The Morgan fingerprint density at radius 3 is 2.79 bits per heavy atom. The zero-order valence-corrected chi connectivity index (χ0v) is 11.2. The van der Waals surface area contributed by atoms with Crippen LogP contribution in [0.1, 0.15) is 23.0 Å². The number of nitrogens with zero attached hydrogens (tertiary/aromatic N) is 2. The third-order valence-electron chi connectivity index (χ3n) is 2.59. The zero-order valence-electron chi connectivity index (χ0n) is 10.4. The molecule has 1 heterocycles. The van der Waals surface area contributed by atoms with Gasteiger partial charge in [-0.1, -0.05) is 31.2 Å². The molecule has 1 aromatic carbocycles. The number of rotatable bonds is 4. The average Bonchev–Trinajstić information content (AvgIpc) is 2.94. The minimum atomic E-state index is -0.561. The lowest BCUT2D eigenvalue weighted by molar-refractivity contribution is 0.0549. The maximum Gasteiger partial charge on any atom is 0.358 e. The molecule has 0 fully saturated rings. The Balaban J connectivity index is 2.16. The molecule has 0 aliphatic carbocycles. The summed E-state index contributed by atoms with van der Waals surface area (Å²) in [6.07, 6.45) is 0.990. The van der Waals surface area contributed by atoms with Gasteiger partial charge in [0.15, 0.2) is 12.3 Å². The number of aryl methyl sites for hydroxylation is 1. The van der Waals surface area contributed by atoms with Crippen molar-refractivity contribution in [3.05, 3.63) is 40.9 Å². The van der Waals surface area contributed by atoms with E-state index in [4.69, 9.17) is 10.00 Å². The average molecular weight is 272 g/mol. The molecule has 0 unspecified atom stereocenters.